The summed E-state index contributed by atoms with van der Waals surface area (Å²) in [7, 11) is 0. The van der Waals surface area contributed by atoms with Crippen molar-refractivity contribution in [3.05, 3.63) is 72.1 Å². The van der Waals surface area contributed by atoms with Gasteiger partial charge in [-0.1, -0.05) is 65.0 Å². The predicted molar refractivity (Wildman–Crippen MR) is 114 cm³/mol. The van der Waals surface area contributed by atoms with Gasteiger partial charge in [-0.05, 0) is 41.2 Å². The first kappa shape index (κ1) is 21.5. The molecule has 1 heterocycles. The van der Waals surface area contributed by atoms with E-state index in [0.717, 1.165) is 39.0 Å². The van der Waals surface area contributed by atoms with E-state index in [1.165, 1.54) is 21.7 Å². The van der Waals surface area contributed by atoms with Crippen molar-refractivity contribution in [3.63, 3.8) is 0 Å². The minimum atomic E-state index is -0.238. The number of nitrogens with zero attached hydrogens (tertiary/aromatic N) is 1. The Morgan fingerprint density at radius 2 is 1.89 bits per heavy atom. The van der Waals surface area contributed by atoms with Crippen molar-refractivity contribution < 1.29 is 10.0 Å². The van der Waals surface area contributed by atoms with Crippen molar-refractivity contribution in [2.45, 2.75) is 65.1 Å². The third-order valence-electron chi connectivity index (χ3n) is 5.11. The normalized spacial score (nSPS) is 14.1. The van der Waals surface area contributed by atoms with Gasteiger partial charge in [-0.25, -0.2) is 0 Å². The monoisotopic (exact) mass is 369 g/mol. The molecule has 0 bridgehead atoms. The molecule has 2 N–H and O–H groups in total. The van der Waals surface area contributed by atoms with Crippen molar-refractivity contribution in [2.75, 3.05) is 13.1 Å². The maximum absolute atomic E-state index is 10.2. The SMILES string of the molecule is C=CC[NH+](Cc1cccn1Cc1ccc(C(C)(C)C)cc1)C[C@H](O)CCC. The zero-order valence-electron chi connectivity index (χ0n) is 17.5. The van der Waals surface area contributed by atoms with Crippen LogP contribution in [0.25, 0.3) is 0 Å². The number of hydrogen-bond donors (Lipinski definition) is 2. The molecule has 0 saturated carbocycles. The lowest BCUT2D eigenvalue weighted by atomic mass is 9.87. The predicted octanol–water partition coefficient (Wildman–Crippen LogP) is 3.57. The van der Waals surface area contributed by atoms with Gasteiger partial charge < -0.3 is 14.6 Å². The van der Waals surface area contributed by atoms with Crippen molar-refractivity contribution >= 4 is 0 Å². The first-order chi connectivity index (χ1) is 12.8. The van der Waals surface area contributed by atoms with E-state index >= 15 is 0 Å². The number of aliphatic hydroxyl groups excluding tert-OH is 1. The third-order valence-corrected chi connectivity index (χ3v) is 5.11. The molecule has 0 spiro atoms. The van der Waals surface area contributed by atoms with Crippen LogP contribution in [-0.2, 0) is 18.5 Å². The molecule has 2 aromatic rings. The molecular weight excluding hydrogens is 332 g/mol. The number of aromatic nitrogens is 1. The van der Waals surface area contributed by atoms with Crippen molar-refractivity contribution in [1.29, 1.82) is 0 Å². The topological polar surface area (TPSA) is 29.6 Å². The van der Waals surface area contributed by atoms with Gasteiger partial charge in [0, 0.05) is 12.7 Å². The number of nitrogens with one attached hydrogen (secondary N) is 1. The van der Waals surface area contributed by atoms with Crippen LogP contribution in [0, 0.1) is 0 Å². The highest BCUT2D eigenvalue weighted by Crippen LogP contribution is 2.22. The fourth-order valence-electron chi connectivity index (χ4n) is 3.53. The number of quaternary nitrogens is 1. The highest BCUT2D eigenvalue weighted by molar-refractivity contribution is 5.28. The average molecular weight is 370 g/mol. The smallest absolute Gasteiger partial charge is 0.118 e. The molecule has 0 aliphatic carbocycles. The molecule has 2 atom stereocenters. The Morgan fingerprint density at radius 3 is 2.48 bits per heavy atom. The highest BCUT2D eigenvalue weighted by Gasteiger charge is 2.16. The van der Waals surface area contributed by atoms with E-state index in [-0.39, 0.29) is 11.5 Å². The maximum atomic E-state index is 10.2. The summed E-state index contributed by atoms with van der Waals surface area (Å²) in [6.07, 6.45) is 5.75. The zero-order valence-corrected chi connectivity index (χ0v) is 17.5. The average Bonchev–Trinajstić information content (AvgIpc) is 3.01. The summed E-state index contributed by atoms with van der Waals surface area (Å²) >= 11 is 0. The maximum Gasteiger partial charge on any atom is 0.118 e. The molecule has 0 saturated heterocycles. The fraction of sp³-hybridized carbons (Fsp3) is 0.500. The molecule has 2 rings (SSSR count). The molecule has 0 fully saturated rings. The van der Waals surface area contributed by atoms with Gasteiger partial charge in [-0.3, -0.25) is 0 Å². The first-order valence-corrected chi connectivity index (χ1v) is 10.2. The fourth-order valence-corrected chi connectivity index (χ4v) is 3.53. The Kier molecular flexibility index (Phi) is 7.88. The summed E-state index contributed by atoms with van der Waals surface area (Å²) < 4.78 is 2.32. The van der Waals surface area contributed by atoms with E-state index in [9.17, 15) is 5.11 Å². The minimum absolute atomic E-state index is 0.186. The van der Waals surface area contributed by atoms with Crippen LogP contribution in [0.1, 0.15) is 57.4 Å². The minimum Gasteiger partial charge on any atom is -0.387 e. The molecule has 3 nitrogen and oxygen atoms in total. The summed E-state index contributed by atoms with van der Waals surface area (Å²) in [4.78, 5) is 1.36. The Labute approximate surface area is 165 Å². The number of rotatable bonds is 10. The molecule has 0 radical (unpaired) electrons. The van der Waals surface area contributed by atoms with Crippen LogP contribution in [0.3, 0.4) is 0 Å². The Morgan fingerprint density at radius 1 is 1.19 bits per heavy atom. The van der Waals surface area contributed by atoms with Gasteiger partial charge in [0.05, 0.1) is 12.2 Å². The lowest BCUT2D eigenvalue weighted by Crippen LogP contribution is -3.11. The van der Waals surface area contributed by atoms with Gasteiger partial charge in [-0.15, -0.1) is 0 Å². The second-order valence-corrected chi connectivity index (χ2v) is 8.64. The lowest BCUT2D eigenvalue weighted by Gasteiger charge is -2.22. The van der Waals surface area contributed by atoms with Gasteiger partial charge in [0.25, 0.3) is 0 Å². The number of aliphatic hydroxyl groups is 1. The van der Waals surface area contributed by atoms with Crippen molar-refractivity contribution in [1.82, 2.24) is 4.57 Å². The van der Waals surface area contributed by atoms with Crippen LogP contribution in [0.15, 0.2) is 55.3 Å². The quantitative estimate of drug-likeness (QED) is 0.616. The van der Waals surface area contributed by atoms with Crippen LogP contribution in [0.2, 0.25) is 0 Å². The van der Waals surface area contributed by atoms with Gasteiger partial charge in [0.2, 0.25) is 0 Å². The second kappa shape index (κ2) is 9.91. The molecule has 3 heteroatoms. The molecule has 27 heavy (non-hydrogen) atoms. The molecule has 0 aliphatic rings. The van der Waals surface area contributed by atoms with E-state index in [1.807, 2.05) is 6.08 Å². The van der Waals surface area contributed by atoms with Gasteiger partial charge in [0.15, 0.2) is 0 Å². The summed E-state index contributed by atoms with van der Waals surface area (Å²) in [5.41, 5.74) is 4.17. The zero-order chi connectivity index (χ0) is 19.9. The summed E-state index contributed by atoms with van der Waals surface area (Å²) in [5.74, 6) is 0. The van der Waals surface area contributed by atoms with Gasteiger partial charge in [0.1, 0.15) is 19.2 Å². The summed E-state index contributed by atoms with van der Waals surface area (Å²) in [6, 6.07) is 13.3. The van der Waals surface area contributed by atoms with Crippen LogP contribution >= 0.6 is 0 Å². The third kappa shape index (κ3) is 6.67. The van der Waals surface area contributed by atoms with Crippen LogP contribution in [0.4, 0.5) is 0 Å². The van der Waals surface area contributed by atoms with Crippen molar-refractivity contribution in [2.24, 2.45) is 0 Å². The van der Waals surface area contributed by atoms with E-state index in [0.29, 0.717) is 0 Å². The van der Waals surface area contributed by atoms with E-state index in [4.69, 9.17) is 0 Å². The highest BCUT2D eigenvalue weighted by atomic mass is 16.3. The lowest BCUT2D eigenvalue weighted by molar-refractivity contribution is -0.911. The van der Waals surface area contributed by atoms with Crippen LogP contribution in [-0.4, -0.2) is 28.9 Å². The number of benzene rings is 1. The van der Waals surface area contributed by atoms with Gasteiger partial charge in [-0.2, -0.15) is 0 Å². The molecule has 0 amide bonds. The Balaban J connectivity index is 2.06. The largest absolute Gasteiger partial charge is 0.387 e. The Bertz CT molecular complexity index is 694. The van der Waals surface area contributed by atoms with E-state index in [2.05, 4.69) is 81.4 Å². The molecule has 148 valence electrons. The summed E-state index contributed by atoms with van der Waals surface area (Å²) in [6.45, 7) is 16.2. The van der Waals surface area contributed by atoms with E-state index < -0.39 is 0 Å². The first-order valence-electron chi connectivity index (χ1n) is 10.2. The van der Waals surface area contributed by atoms with Crippen LogP contribution in [0.5, 0.6) is 0 Å². The van der Waals surface area contributed by atoms with E-state index in [1.54, 1.807) is 0 Å². The standard InChI is InChI=1S/C24H36N2O/c1-6-9-23(27)19-25(15-7-2)18-22-10-8-16-26(22)17-20-11-13-21(14-12-20)24(3,4)5/h7-8,10-14,16,23,27H,2,6,9,15,17-19H2,1,3-5H3/p+1/t23-/m1/s1. The molecule has 1 aromatic carbocycles. The summed E-state index contributed by atoms with van der Waals surface area (Å²) in [5, 5.41) is 10.2. The van der Waals surface area contributed by atoms with Gasteiger partial charge >= 0.3 is 0 Å². The molecular formula is C24H37N2O+. The van der Waals surface area contributed by atoms with Crippen LogP contribution < -0.4 is 4.90 Å². The molecule has 1 unspecified atom stereocenters. The second-order valence-electron chi connectivity index (χ2n) is 8.64. The molecule has 0 aliphatic heterocycles. The van der Waals surface area contributed by atoms with Crippen molar-refractivity contribution in [3.8, 4) is 0 Å². The molecule has 1 aromatic heterocycles. The Hall–Kier alpha value is -1.84. The number of hydrogen-bond acceptors (Lipinski definition) is 1.